The predicted molar refractivity (Wildman–Crippen MR) is 86.9 cm³/mol. The normalized spacial score (nSPS) is 11.3. The molecule has 1 N–H and O–H groups in total. The van der Waals surface area contributed by atoms with Crippen molar-refractivity contribution < 1.29 is 8.42 Å². The van der Waals surface area contributed by atoms with Crippen LogP contribution in [0, 0.1) is 0 Å². The Morgan fingerprint density at radius 2 is 1.57 bits per heavy atom. The first-order chi connectivity index (χ1) is 10.1. The molecule has 0 aromatic heterocycles. The third kappa shape index (κ3) is 4.60. The first-order valence-electron chi connectivity index (χ1n) is 7.28. The van der Waals surface area contributed by atoms with Crippen LogP contribution in [0.25, 0.3) is 0 Å². The predicted octanol–water partition coefficient (Wildman–Crippen LogP) is 4.22. The quantitative estimate of drug-likeness (QED) is 0.778. The van der Waals surface area contributed by atoms with Gasteiger partial charge in [-0.25, -0.2) is 8.42 Å². The Hall–Kier alpha value is -1.81. The van der Waals surface area contributed by atoms with E-state index in [2.05, 4.69) is 11.6 Å². The van der Waals surface area contributed by atoms with Gasteiger partial charge in [0.05, 0.1) is 4.90 Å². The fourth-order valence-corrected chi connectivity index (χ4v) is 3.21. The lowest BCUT2D eigenvalue weighted by molar-refractivity contribution is 0.601. The van der Waals surface area contributed by atoms with Crippen LogP contribution in [0.3, 0.4) is 0 Å². The molecule has 0 aliphatic carbocycles. The first kappa shape index (κ1) is 15.6. The lowest BCUT2D eigenvalue weighted by atomic mass is 10.1. The van der Waals surface area contributed by atoms with Gasteiger partial charge in [0.2, 0.25) is 0 Å². The average Bonchev–Trinajstić information content (AvgIpc) is 2.50. The Labute approximate surface area is 127 Å². The lowest BCUT2D eigenvalue weighted by Crippen LogP contribution is -2.12. The summed E-state index contributed by atoms with van der Waals surface area (Å²) in [6.45, 7) is 2.18. The largest absolute Gasteiger partial charge is 0.280 e. The molecule has 0 aliphatic rings. The highest BCUT2D eigenvalue weighted by Crippen LogP contribution is 2.17. The second kappa shape index (κ2) is 7.27. The molecule has 21 heavy (non-hydrogen) atoms. The second-order valence-corrected chi connectivity index (χ2v) is 6.75. The van der Waals surface area contributed by atoms with Gasteiger partial charge in [-0.15, -0.1) is 0 Å². The van der Waals surface area contributed by atoms with Crippen molar-refractivity contribution in [1.82, 2.24) is 0 Å². The molecule has 2 aromatic carbocycles. The van der Waals surface area contributed by atoms with E-state index in [1.165, 1.54) is 24.8 Å². The maximum atomic E-state index is 12.2. The fourth-order valence-electron chi connectivity index (χ4n) is 2.13. The number of anilines is 1. The van der Waals surface area contributed by atoms with Gasteiger partial charge in [-0.1, -0.05) is 50.1 Å². The maximum Gasteiger partial charge on any atom is 0.261 e. The molecule has 0 aliphatic heterocycles. The van der Waals surface area contributed by atoms with Gasteiger partial charge < -0.3 is 0 Å². The van der Waals surface area contributed by atoms with Crippen molar-refractivity contribution in [3.8, 4) is 0 Å². The van der Waals surface area contributed by atoms with Crippen molar-refractivity contribution in [3.63, 3.8) is 0 Å². The summed E-state index contributed by atoms with van der Waals surface area (Å²) in [4.78, 5) is 0.275. The number of unbranched alkanes of at least 4 members (excludes halogenated alkanes) is 2. The third-order valence-electron chi connectivity index (χ3n) is 3.33. The monoisotopic (exact) mass is 303 g/mol. The van der Waals surface area contributed by atoms with Gasteiger partial charge in [0.25, 0.3) is 10.0 Å². The Morgan fingerprint density at radius 3 is 2.19 bits per heavy atom. The smallest absolute Gasteiger partial charge is 0.261 e. The summed E-state index contributed by atoms with van der Waals surface area (Å²) in [5, 5.41) is 0. The molecule has 0 amide bonds. The van der Waals surface area contributed by atoms with Crippen LogP contribution in [0.15, 0.2) is 59.5 Å². The standard InChI is InChI=1S/C17H21NO2S/c1-2-3-5-8-15-11-13-16(14-12-15)18-21(19,20)17-9-6-4-7-10-17/h4,6-7,9-14,18H,2-3,5,8H2,1H3. The van der Waals surface area contributed by atoms with Gasteiger partial charge in [-0.2, -0.15) is 0 Å². The van der Waals surface area contributed by atoms with Crippen molar-refractivity contribution in [3.05, 3.63) is 60.2 Å². The van der Waals surface area contributed by atoms with Crippen molar-refractivity contribution >= 4 is 15.7 Å². The SMILES string of the molecule is CCCCCc1ccc(NS(=O)(=O)c2ccccc2)cc1. The number of hydrogen-bond donors (Lipinski definition) is 1. The average molecular weight is 303 g/mol. The first-order valence-corrected chi connectivity index (χ1v) is 8.77. The highest BCUT2D eigenvalue weighted by Gasteiger charge is 2.12. The van der Waals surface area contributed by atoms with E-state index in [4.69, 9.17) is 0 Å². The minimum absolute atomic E-state index is 0.275. The Bertz CT molecular complexity index is 649. The van der Waals surface area contributed by atoms with Gasteiger partial charge in [0, 0.05) is 5.69 Å². The van der Waals surface area contributed by atoms with E-state index in [0.717, 1.165) is 6.42 Å². The zero-order chi connectivity index (χ0) is 15.1. The topological polar surface area (TPSA) is 46.2 Å². The zero-order valence-corrected chi connectivity index (χ0v) is 13.1. The highest BCUT2D eigenvalue weighted by molar-refractivity contribution is 7.92. The summed E-state index contributed by atoms with van der Waals surface area (Å²) in [6.07, 6.45) is 4.64. The molecule has 0 atom stereocenters. The third-order valence-corrected chi connectivity index (χ3v) is 4.73. The summed E-state index contributed by atoms with van der Waals surface area (Å²) < 4.78 is 27.0. The Kier molecular flexibility index (Phi) is 5.39. The highest BCUT2D eigenvalue weighted by atomic mass is 32.2. The van der Waals surface area contributed by atoms with Crippen LogP contribution >= 0.6 is 0 Å². The summed E-state index contributed by atoms with van der Waals surface area (Å²) in [5.74, 6) is 0. The van der Waals surface area contributed by atoms with E-state index < -0.39 is 10.0 Å². The minimum atomic E-state index is -3.50. The van der Waals surface area contributed by atoms with Crippen LogP contribution in [0.1, 0.15) is 31.7 Å². The van der Waals surface area contributed by atoms with Crippen molar-refractivity contribution in [1.29, 1.82) is 0 Å². The molecule has 0 spiro atoms. The van der Waals surface area contributed by atoms with Crippen LogP contribution < -0.4 is 4.72 Å². The van der Waals surface area contributed by atoms with Crippen LogP contribution in [0.5, 0.6) is 0 Å². The molecular weight excluding hydrogens is 282 g/mol. The molecule has 112 valence electrons. The van der Waals surface area contributed by atoms with Crippen molar-refractivity contribution in [2.45, 2.75) is 37.5 Å². The van der Waals surface area contributed by atoms with Crippen LogP contribution in [-0.4, -0.2) is 8.42 Å². The number of aryl methyl sites for hydroxylation is 1. The van der Waals surface area contributed by atoms with Gasteiger partial charge in [0.1, 0.15) is 0 Å². The molecule has 3 nitrogen and oxygen atoms in total. The lowest BCUT2D eigenvalue weighted by Gasteiger charge is -2.09. The summed E-state index contributed by atoms with van der Waals surface area (Å²) in [5.41, 5.74) is 1.84. The summed E-state index contributed by atoms with van der Waals surface area (Å²) >= 11 is 0. The summed E-state index contributed by atoms with van der Waals surface area (Å²) in [7, 11) is -3.50. The number of nitrogens with one attached hydrogen (secondary N) is 1. The van der Waals surface area contributed by atoms with Crippen molar-refractivity contribution in [2.24, 2.45) is 0 Å². The number of sulfonamides is 1. The van der Waals surface area contributed by atoms with Gasteiger partial charge in [-0.05, 0) is 42.7 Å². The van der Waals surface area contributed by atoms with Gasteiger partial charge in [-0.3, -0.25) is 4.72 Å². The summed E-state index contributed by atoms with van der Waals surface area (Å²) in [6, 6.07) is 16.0. The van der Waals surface area contributed by atoms with E-state index in [9.17, 15) is 8.42 Å². The van der Waals surface area contributed by atoms with Crippen molar-refractivity contribution in [2.75, 3.05) is 4.72 Å². The number of benzene rings is 2. The molecule has 2 rings (SSSR count). The van der Waals surface area contributed by atoms with Crippen LogP contribution in [0.4, 0.5) is 5.69 Å². The van der Waals surface area contributed by atoms with E-state index >= 15 is 0 Å². The molecule has 0 saturated heterocycles. The molecule has 0 saturated carbocycles. The van der Waals surface area contributed by atoms with E-state index in [1.54, 1.807) is 30.3 Å². The minimum Gasteiger partial charge on any atom is -0.280 e. The van der Waals surface area contributed by atoms with Gasteiger partial charge in [0.15, 0.2) is 0 Å². The zero-order valence-electron chi connectivity index (χ0n) is 12.2. The van der Waals surface area contributed by atoms with E-state index in [0.29, 0.717) is 5.69 Å². The molecule has 0 bridgehead atoms. The Balaban J connectivity index is 2.03. The Morgan fingerprint density at radius 1 is 0.905 bits per heavy atom. The maximum absolute atomic E-state index is 12.2. The van der Waals surface area contributed by atoms with E-state index in [-0.39, 0.29) is 4.90 Å². The van der Waals surface area contributed by atoms with E-state index in [1.807, 2.05) is 24.3 Å². The molecule has 0 heterocycles. The number of hydrogen-bond acceptors (Lipinski definition) is 2. The molecule has 0 radical (unpaired) electrons. The van der Waals surface area contributed by atoms with Crippen LogP contribution in [-0.2, 0) is 16.4 Å². The van der Waals surface area contributed by atoms with Crippen LogP contribution in [0.2, 0.25) is 0 Å². The number of rotatable bonds is 7. The molecule has 4 heteroatoms. The molecular formula is C17H21NO2S. The fraction of sp³-hybridized carbons (Fsp3) is 0.294. The van der Waals surface area contributed by atoms with Gasteiger partial charge >= 0.3 is 0 Å². The molecule has 0 unspecified atom stereocenters. The molecule has 2 aromatic rings. The molecule has 0 fully saturated rings. The second-order valence-electron chi connectivity index (χ2n) is 5.07.